The molecule has 3 rings (SSSR count). The van der Waals surface area contributed by atoms with E-state index >= 15 is 0 Å². The highest BCUT2D eigenvalue weighted by atomic mass is 16.3. The molecule has 0 amide bonds. The van der Waals surface area contributed by atoms with Crippen LogP contribution in [0.1, 0.15) is 17.4 Å². The summed E-state index contributed by atoms with van der Waals surface area (Å²) in [7, 11) is 0. The van der Waals surface area contributed by atoms with Gasteiger partial charge in [-0.05, 0) is 11.5 Å². The lowest BCUT2D eigenvalue weighted by molar-refractivity contribution is 0.0477. The minimum atomic E-state index is -0.890. The monoisotopic (exact) mass is 213 g/mol. The van der Waals surface area contributed by atoms with E-state index in [1.54, 1.807) is 18.3 Å². The van der Waals surface area contributed by atoms with Gasteiger partial charge in [0.25, 0.3) is 0 Å². The Labute approximate surface area is 92.7 Å². The van der Waals surface area contributed by atoms with Crippen molar-refractivity contribution in [2.45, 2.75) is 12.2 Å². The fraction of sp³-hybridized carbons (Fsp3) is 0.154. The average molecular weight is 213 g/mol. The van der Waals surface area contributed by atoms with Gasteiger partial charge in [0, 0.05) is 17.1 Å². The van der Waals surface area contributed by atoms with Gasteiger partial charge < -0.3 is 10.2 Å². The molecule has 0 aliphatic heterocycles. The van der Waals surface area contributed by atoms with Crippen molar-refractivity contribution in [3.63, 3.8) is 0 Å². The lowest BCUT2D eigenvalue weighted by Gasteiger charge is -2.22. The number of hydrogen-bond acceptors (Lipinski definition) is 3. The van der Waals surface area contributed by atoms with Crippen LogP contribution in [0.2, 0.25) is 0 Å². The molecule has 1 aromatic carbocycles. The van der Waals surface area contributed by atoms with E-state index in [2.05, 4.69) is 4.98 Å². The number of fused-ring (bicyclic) bond motifs is 3. The van der Waals surface area contributed by atoms with E-state index in [0.717, 1.165) is 16.5 Å². The Morgan fingerprint density at radius 2 is 1.94 bits per heavy atom. The average Bonchev–Trinajstić information content (AvgIpc) is 2.33. The molecule has 2 aromatic rings. The smallest absolute Gasteiger partial charge is 0.111 e. The third-order valence-electron chi connectivity index (χ3n) is 2.94. The zero-order chi connectivity index (χ0) is 11.1. The third kappa shape index (κ3) is 1.26. The first kappa shape index (κ1) is 9.51. The molecule has 16 heavy (non-hydrogen) atoms. The molecule has 0 saturated heterocycles. The summed E-state index contributed by atoms with van der Waals surface area (Å²) in [6, 6.07) is 7.73. The van der Waals surface area contributed by atoms with Gasteiger partial charge in [0.05, 0.1) is 5.69 Å². The molecule has 2 N–H and O–H groups in total. The van der Waals surface area contributed by atoms with Crippen molar-refractivity contribution in [2.24, 2.45) is 0 Å². The van der Waals surface area contributed by atoms with Crippen LogP contribution in [-0.4, -0.2) is 21.3 Å². The van der Waals surface area contributed by atoms with Gasteiger partial charge in [-0.3, -0.25) is 4.98 Å². The maximum Gasteiger partial charge on any atom is 0.111 e. The van der Waals surface area contributed by atoms with Crippen molar-refractivity contribution >= 4 is 16.8 Å². The van der Waals surface area contributed by atoms with Crippen molar-refractivity contribution in [1.82, 2.24) is 4.98 Å². The number of nitrogens with zero attached hydrogens (tertiary/aromatic N) is 1. The Morgan fingerprint density at radius 3 is 2.81 bits per heavy atom. The van der Waals surface area contributed by atoms with Crippen molar-refractivity contribution in [1.29, 1.82) is 0 Å². The first-order chi connectivity index (χ1) is 7.77. The molecule has 80 valence electrons. The number of aliphatic hydroxyl groups is 2. The molecule has 1 aliphatic carbocycles. The molecular formula is C13H11NO2. The second-order valence-corrected chi connectivity index (χ2v) is 3.94. The fourth-order valence-corrected chi connectivity index (χ4v) is 2.11. The summed E-state index contributed by atoms with van der Waals surface area (Å²) >= 11 is 0. The predicted molar refractivity (Wildman–Crippen MR) is 61.7 cm³/mol. The first-order valence-corrected chi connectivity index (χ1v) is 5.19. The summed E-state index contributed by atoms with van der Waals surface area (Å²) in [6.07, 6.45) is 3.36. The molecule has 0 unspecified atom stereocenters. The Kier molecular flexibility index (Phi) is 2.02. The molecule has 0 spiro atoms. The summed E-state index contributed by atoms with van der Waals surface area (Å²) in [5.41, 5.74) is 1.45. The van der Waals surface area contributed by atoms with E-state index in [-0.39, 0.29) is 0 Å². The Bertz CT molecular complexity index is 577. The highest BCUT2D eigenvalue weighted by Crippen LogP contribution is 2.32. The van der Waals surface area contributed by atoms with Crippen LogP contribution in [0.3, 0.4) is 0 Å². The molecule has 0 fully saturated rings. The van der Waals surface area contributed by atoms with E-state index in [0.29, 0.717) is 5.56 Å². The highest BCUT2D eigenvalue weighted by molar-refractivity contribution is 5.88. The van der Waals surface area contributed by atoms with Gasteiger partial charge >= 0.3 is 0 Å². The van der Waals surface area contributed by atoms with Gasteiger partial charge in [0.1, 0.15) is 12.2 Å². The maximum atomic E-state index is 9.99. The molecule has 1 aliphatic rings. The zero-order valence-corrected chi connectivity index (χ0v) is 8.54. The van der Waals surface area contributed by atoms with Crippen LogP contribution in [0, 0.1) is 0 Å². The van der Waals surface area contributed by atoms with Crippen molar-refractivity contribution < 1.29 is 10.2 Å². The number of pyridine rings is 1. The predicted octanol–water partition coefficient (Wildman–Crippen LogP) is 1.66. The van der Waals surface area contributed by atoms with Gasteiger partial charge in [-0.1, -0.05) is 30.3 Å². The van der Waals surface area contributed by atoms with Crippen molar-refractivity contribution in [3.8, 4) is 0 Å². The van der Waals surface area contributed by atoms with Gasteiger partial charge in [-0.25, -0.2) is 0 Å². The quantitative estimate of drug-likeness (QED) is 0.699. The van der Waals surface area contributed by atoms with Gasteiger partial charge in [-0.2, -0.15) is 0 Å². The normalized spacial score (nSPS) is 23.4. The number of aliphatic hydroxyl groups excluding tert-OH is 2. The fourth-order valence-electron chi connectivity index (χ4n) is 2.11. The van der Waals surface area contributed by atoms with Crippen molar-refractivity contribution in [3.05, 3.63) is 47.8 Å². The number of benzene rings is 1. The third-order valence-corrected chi connectivity index (χ3v) is 2.94. The van der Waals surface area contributed by atoms with Crippen LogP contribution in [0.4, 0.5) is 0 Å². The molecule has 0 radical (unpaired) electrons. The van der Waals surface area contributed by atoms with E-state index in [9.17, 15) is 10.2 Å². The van der Waals surface area contributed by atoms with E-state index in [1.807, 2.05) is 24.3 Å². The van der Waals surface area contributed by atoms with Crippen LogP contribution in [0.5, 0.6) is 0 Å². The SMILES string of the molecule is O[C@@H]1C=Cc2ncc3ccccc3c2[C@@H]1O. The Morgan fingerprint density at radius 1 is 1.12 bits per heavy atom. The van der Waals surface area contributed by atoms with E-state index in [4.69, 9.17) is 0 Å². The Hall–Kier alpha value is -1.71. The summed E-state index contributed by atoms with van der Waals surface area (Å²) < 4.78 is 0. The zero-order valence-electron chi connectivity index (χ0n) is 8.54. The summed E-state index contributed by atoms with van der Waals surface area (Å²) in [6.45, 7) is 0. The number of hydrogen-bond donors (Lipinski definition) is 2. The minimum Gasteiger partial charge on any atom is -0.386 e. The van der Waals surface area contributed by atoms with E-state index in [1.165, 1.54) is 0 Å². The van der Waals surface area contributed by atoms with Gasteiger partial charge in [0.2, 0.25) is 0 Å². The largest absolute Gasteiger partial charge is 0.386 e. The van der Waals surface area contributed by atoms with Crippen LogP contribution >= 0.6 is 0 Å². The molecule has 0 bridgehead atoms. The molecule has 3 nitrogen and oxygen atoms in total. The molecule has 1 aromatic heterocycles. The van der Waals surface area contributed by atoms with Gasteiger partial charge in [0.15, 0.2) is 0 Å². The van der Waals surface area contributed by atoms with Crippen LogP contribution in [0.25, 0.3) is 16.8 Å². The van der Waals surface area contributed by atoms with Gasteiger partial charge in [-0.15, -0.1) is 0 Å². The highest BCUT2D eigenvalue weighted by Gasteiger charge is 2.24. The summed E-state index contributed by atoms with van der Waals surface area (Å²) in [4.78, 5) is 4.27. The van der Waals surface area contributed by atoms with Crippen LogP contribution in [-0.2, 0) is 0 Å². The number of aromatic nitrogens is 1. The van der Waals surface area contributed by atoms with Crippen molar-refractivity contribution in [2.75, 3.05) is 0 Å². The standard InChI is InChI=1S/C13H11NO2/c15-11-6-5-10-12(13(11)16)9-4-2-1-3-8(9)7-14-10/h1-7,11,13,15-16H/t11-,13-/m1/s1. The first-order valence-electron chi connectivity index (χ1n) is 5.19. The summed E-state index contributed by atoms with van der Waals surface area (Å²) in [5.74, 6) is 0. The topological polar surface area (TPSA) is 53.4 Å². The van der Waals surface area contributed by atoms with Crippen LogP contribution in [0.15, 0.2) is 36.5 Å². The lowest BCUT2D eigenvalue weighted by atomic mass is 9.92. The second-order valence-electron chi connectivity index (χ2n) is 3.94. The molecule has 0 saturated carbocycles. The molecular weight excluding hydrogens is 202 g/mol. The van der Waals surface area contributed by atoms with E-state index < -0.39 is 12.2 Å². The lowest BCUT2D eigenvalue weighted by Crippen LogP contribution is -2.20. The van der Waals surface area contributed by atoms with Crippen LogP contribution < -0.4 is 0 Å². The number of rotatable bonds is 0. The second kappa shape index (κ2) is 3.40. The molecule has 3 heteroatoms. The molecule has 2 atom stereocenters. The summed E-state index contributed by atoms with van der Waals surface area (Å²) in [5, 5.41) is 21.5. The molecule has 1 heterocycles. The Balaban J connectivity index is 2.37. The maximum absolute atomic E-state index is 9.99. The minimum absolute atomic E-state index is 0.716.